The fraction of sp³-hybridized carbons (Fsp3) is 0.654. The number of thiophene rings is 1. The molecule has 1 aromatic heterocycles. The smallest absolute Gasteiger partial charge is 0.350 e. The van der Waals surface area contributed by atoms with Gasteiger partial charge in [0, 0.05) is 17.5 Å². The van der Waals surface area contributed by atoms with E-state index in [1.54, 1.807) is 11.3 Å². The van der Waals surface area contributed by atoms with Crippen LogP contribution < -0.4 is 4.90 Å². The van der Waals surface area contributed by atoms with E-state index in [0.717, 1.165) is 54.6 Å². The summed E-state index contributed by atoms with van der Waals surface area (Å²) in [6.07, 6.45) is 20.6. The van der Waals surface area contributed by atoms with Crippen LogP contribution in [0, 0.1) is 11.8 Å². The molecule has 1 fully saturated rings. The zero-order valence-corrected chi connectivity index (χ0v) is 19.5. The maximum Gasteiger partial charge on any atom is 0.350 e. The first-order valence-electron chi connectivity index (χ1n) is 12.0. The number of carbonyl (C=O) groups is 1. The molecule has 0 aromatic carbocycles. The average molecular weight is 428 g/mol. The Bertz CT molecular complexity index is 785. The molecule has 3 nitrogen and oxygen atoms in total. The highest BCUT2D eigenvalue weighted by atomic mass is 32.1. The predicted octanol–water partition coefficient (Wildman–Crippen LogP) is 7.23. The molecule has 0 radical (unpaired) electrons. The van der Waals surface area contributed by atoms with Gasteiger partial charge < -0.3 is 9.64 Å². The molecule has 0 N–H and O–H groups in total. The van der Waals surface area contributed by atoms with Crippen LogP contribution in [-0.4, -0.2) is 25.7 Å². The number of nitrogens with zero attached hydrogens (tertiary/aromatic N) is 1. The van der Waals surface area contributed by atoms with E-state index in [2.05, 4.69) is 36.1 Å². The number of esters is 1. The van der Waals surface area contributed by atoms with Crippen LogP contribution in [-0.2, 0) is 4.74 Å². The average Bonchev–Trinajstić information content (AvgIpc) is 3.24. The molecule has 1 aromatic rings. The summed E-state index contributed by atoms with van der Waals surface area (Å²) in [7, 11) is 1.52. The Morgan fingerprint density at radius 2 is 1.97 bits per heavy atom. The Balaban J connectivity index is 1.66. The number of hydrogen-bond acceptors (Lipinski definition) is 4. The van der Waals surface area contributed by atoms with Gasteiger partial charge in [-0.2, -0.15) is 0 Å². The first kappa shape index (κ1) is 21.7. The molecule has 4 rings (SSSR count). The molecular formula is C26H37NO2S. The zero-order valence-electron chi connectivity index (χ0n) is 18.7. The second-order valence-corrected chi connectivity index (χ2v) is 10.6. The summed E-state index contributed by atoms with van der Waals surface area (Å²) in [5.41, 5.74) is 2.56. The molecule has 1 saturated carbocycles. The first-order chi connectivity index (χ1) is 14.7. The molecule has 0 bridgehead atoms. The van der Waals surface area contributed by atoms with Crippen LogP contribution in [0.15, 0.2) is 24.3 Å². The van der Waals surface area contributed by atoms with E-state index in [1.165, 1.54) is 62.5 Å². The van der Waals surface area contributed by atoms with Crippen molar-refractivity contribution in [3.8, 4) is 0 Å². The highest BCUT2D eigenvalue weighted by molar-refractivity contribution is 7.15. The second-order valence-electron chi connectivity index (χ2n) is 9.51. The lowest BCUT2D eigenvalue weighted by molar-refractivity contribution is 0.0606. The second kappa shape index (κ2) is 10.2. The molecule has 1 unspecified atom stereocenters. The minimum atomic E-state index is -0.175. The van der Waals surface area contributed by atoms with Crippen LogP contribution in [0.5, 0.6) is 0 Å². The summed E-state index contributed by atoms with van der Waals surface area (Å²) >= 11 is 1.65. The SMILES string of the molecule is COC(=O)c1sc(C2=CCCCC2)cc1N(CC1CCC(C)CC1)C1CC=CCC1. The summed E-state index contributed by atoms with van der Waals surface area (Å²) in [5, 5.41) is 0. The third-order valence-electron chi connectivity index (χ3n) is 7.27. The molecule has 4 heteroatoms. The zero-order chi connectivity index (χ0) is 20.9. The van der Waals surface area contributed by atoms with E-state index in [9.17, 15) is 4.79 Å². The van der Waals surface area contributed by atoms with Gasteiger partial charge in [0.15, 0.2) is 0 Å². The summed E-state index contributed by atoms with van der Waals surface area (Å²) in [5.74, 6) is 1.42. The Morgan fingerprint density at radius 3 is 2.63 bits per heavy atom. The van der Waals surface area contributed by atoms with Crippen molar-refractivity contribution in [2.24, 2.45) is 11.8 Å². The van der Waals surface area contributed by atoms with Gasteiger partial charge in [0.25, 0.3) is 0 Å². The van der Waals surface area contributed by atoms with E-state index in [4.69, 9.17) is 4.74 Å². The maximum absolute atomic E-state index is 12.8. The van der Waals surface area contributed by atoms with E-state index in [1.807, 2.05) is 0 Å². The molecule has 0 amide bonds. The van der Waals surface area contributed by atoms with Gasteiger partial charge in [-0.25, -0.2) is 4.79 Å². The van der Waals surface area contributed by atoms with Crippen molar-refractivity contribution in [1.29, 1.82) is 0 Å². The number of anilines is 1. The van der Waals surface area contributed by atoms with Crippen molar-refractivity contribution >= 4 is 28.6 Å². The van der Waals surface area contributed by atoms with Crippen molar-refractivity contribution in [3.05, 3.63) is 34.0 Å². The fourth-order valence-corrected chi connectivity index (χ4v) is 6.50. The summed E-state index contributed by atoms with van der Waals surface area (Å²) in [4.78, 5) is 17.5. The molecule has 0 saturated heterocycles. The molecule has 164 valence electrons. The minimum Gasteiger partial charge on any atom is -0.465 e. The first-order valence-corrected chi connectivity index (χ1v) is 12.8. The number of hydrogen-bond donors (Lipinski definition) is 0. The molecule has 1 atom stereocenters. The van der Waals surface area contributed by atoms with Crippen LogP contribution in [0.1, 0.15) is 92.1 Å². The van der Waals surface area contributed by atoms with E-state index >= 15 is 0 Å². The lowest BCUT2D eigenvalue weighted by Crippen LogP contribution is -2.40. The quantitative estimate of drug-likeness (QED) is 0.354. The summed E-state index contributed by atoms with van der Waals surface area (Å²) in [6.45, 7) is 3.46. The third-order valence-corrected chi connectivity index (χ3v) is 8.45. The molecule has 1 heterocycles. The highest BCUT2D eigenvalue weighted by Gasteiger charge is 2.30. The Kier molecular flexibility index (Phi) is 7.35. The molecule has 0 aliphatic heterocycles. The monoisotopic (exact) mass is 427 g/mol. The molecule has 0 spiro atoms. The highest BCUT2D eigenvalue weighted by Crippen LogP contribution is 2.41. The topological polar surface area (TPSA) is 29.5 Å². The van der Waals surface area contributed by atoms with Crippen molar-refractivity contribution in [2.45, 2.75) is 83.6 Å². The number of allylic oxidation sites excluding steroid dienone is 3. The Hall–Kier alpha value is -1.55. The minimum absolute atomic E-state index is 0.175. The van der Waals surface area contributed by atoms with Gasteiger partial charge in [-0.15, -0.1) is 11.3 Å². The van der Waals surface area contributed by atoms with Gasteiger partial charge in [0.1, 0.15) is 4.88 Å². The standard InChI is InChI=1S/C26H37NO2S/c1-19-13-15-20(16-14-19)18-27(22-11-7-4-8-12-22)23-17-24(21-9-5-3-6-10-21)30-25(23)26(28)29-2/h4,7,9,17,19-20,22H,3,5-6,8,10-16,18H2,1-2H3. The van der Waals surface area contributed by atoms with Gasteiger partial charge in [-0.1, -0.05) is 38.0 Å². The lowest BCUT2D eigenvalue weighted by Gasteiger charge is -2.38. The van der Waals surface area contributed by atoms with Crippen LogP contribution in [0.2, 0.25) is 0 Å². The number of rotatable bonds is 6. The van der Waals surface area contributed by atoms with Gasteiger partial charge >= 0.3 is 5.97 Å². The molecule has 3 aliphatic rings. The fourth-order valence-electron chi connectivity index (χ4n) is 5.35. The predicted molar refractivity (Wildman–Crippen MR) is 127 cm³/mol. The van der Waals surface area contributed by atoms with Crippen molar-refractivity contribution < 1.29 is 9.53 Å². The van der Waals surface area contributed by atoms with Gasteiger partial charge in [-0.05, 0) is 81.3 Å². The normalized spacial score (nSPS) is 26.9. The summed E-state index contributed by atoms with van der Waals surface area (Å²) < 4.78 is 5.23. The van der Waals surface area contributed by atoms with Crippen LogP contribution in [0.3, 0.4) is 0 Å². The Morgan fingerprint density at radius 1 is 1.13 bits per heavy atom. The van der Waals surface area contributed by atoms with Gasteiger partial charge in [-0.3, -0.25) is 0 Å². The third kappa shape index (κ3) is 5.01. The van der Waals surface area contributed by atoms with Gasteiger partial charge in [0.05, 0.1) is 12.8 Å². The van der Waals surface area contributed by atoms with Crippen molar-refractivity contribution in [2.75, 3.05) is 18.6 Å². The largest absolute Gasteiger partial charge is 0.465 e. The Labute approximate surface area is 186 Å². The molecule has 30 heavy (non-hydrogen) atoms. The van der Waals surface area contributed by atoms with Crippen LogP contribution >= 0.6 is 11.3 Å². The van der Waals surface area contributed by atoms with Crippen LogP contribution in [0.4, 0.5) is 5.69 Å². The molecule has 3 aliphatic carbocycles. The summed E-state index contributed by atoms with van der Waals surface area (Å²) in [6, 6.07) is 2.80. The van der Waals surface area contributed by atoms with Crippen molar-refractivity contribution in [3.63, 3.8) is 0 Å². The maximum atomic E-state index is 12.8. The van der Waals surface area contributed by atoms with E-state index in [-0.39, 0.29) is 5.97 Å². The number of carbonyl (C=O) groups excluding carboxylic acids is 1. The van der Waals surface area contributed by atoms with E-state index < -0.39 is 0 Å². The molecular weight excluding hydrogens is 390 g/mol. The number of ether oxygens (including phenoxy) is 1. The lowest BCUT2D eigenvalue weighted by atomic mass is 9.82. The van der Waals surface area contributed by atoms with Crippen molar-refractivity contribution in [1.82, 2.24) is 0 Å². The number of methoxy groups -OCH3 is 1. The van der Waals surface area contributed by atoms with Crippen LogP contribution in [0.25, 0.3) is 5.57 Å². The van der Waals surface area contributed by atoms with E-state index in [0.29, 0.717) is 6.04 Å². The van der Waals surface area contributed by atoms with Gasteiger partial charge in [0.2, 0.25) is 0 Å².